The van der Waals surface area contributed by atoms with E-state index in [2.05, 4.69) is 10.2 Å². The lowest BCUT2D eigenvalue weighted by Gasteiger charge is -2.19. The maximum absolute atomic E-state index is 14.6. The third-order valence-electron chi connectivity index (χ3n) is 4.50. The Morgan fingerprint density at radius 3 is 2.26 bits per heavy atom. The number of alkyl halides is 5. The molecule has 0 spiro atoms. The van der Waals surface area contributed by atoms with Gasteiger partial charge in [0.1, 0.15) is 0 Å². The van der Waals surface area contributed by atoms with Crippen LogP contribution in [-0.4, -0.2) is 31.1 Å². The van der Waals surface area contributed by atoms with Gasteiger partial charge in [-0.15, -0.1) is 10.2 Å². The van der Waals surface area contributed by atoms with E-state index in [4.69, 9.17) is 34.8 Å². The first kappa shape index (κ1) is 27.1. The molecule has 0 bridgehead atoms. The number of carbonyl (C=O) groups excluding carboxylic acids is 1. The van der Waals surface area contributed by atoms with E-state index in [-0.39, 0.29) is 10.0 Å². The number of hydrogen-bond donors (Lipinski definition) is 1. The first-order valence-electron chi connectivity index (χ1n) is 9.20. The Morgan fingerprint density at radius 2 is 1.63 bits per heavy atom. The fraction of sp³-hybridized carbons (Fsp3) is 0.150. The van der Waals surface area contributed by atoms with Gasteiger partial charge in [0, 0.05) is 10.6 Å². The van der Waals surface area contributed by atoms with Gasteiger partial charge in [-0.1, -0.05) is 40.9 Å². The highest BCUT2D eigenvalue weighted by Crippen LogP contribution is 2.35. The summed E-state index contributed by atoms with van der Waals surface area (Å²) in [5.41, 5.74) is -2.74. The Morgan fingerprint density at radius 1 is 0.943 bits per heavy atom. The van der Waals surface area contributed by atoms with Gasteiger partial charge in [0.15, 0.2) is 10.2 Å². The molecule has 1 N–H and O–H groups in total. The van der Waals surface area contributed by atoms with Gasteiger partial charge in [0.2, 0.25) is 9.84 Å². The molecule has 1 amide bonds. The highest BCUT2D eigenvalue weighted by molar-refractivity contribution is 7.91. The molecule has 0 aliphatic carbocycles. The number of rotatable bonds is 6. The standard InChI is InChI=1S/C20H11Cl3F5N3O3S/c21-11-4-5-14(15(22)7-11)19(24,25)9-29-17(32)13-8-16(23)30-31-18(13)35(33,34)12-3-1-2-10(6-12)20(26,27)28/h1-8H,9H2,(H,29,32). The zero-order chi connectivity index (χ0) is 26.2. The average molecular weight is 575 g/mol. The highest BCUT2D eigenvalue weighted by atomic mass is 35.5. The predicted molar refractivity (Wildman–Crippen MR) is 117 cm³/mol. The van der Waals surface area contributed by atoms with Gasteiger partial charge in [-0.05, 0) is 42.5 Å². The van der Waals surface area contributed by atoms with Crippen molar-refractivity contribution in [3.63, 3.8) is 0 Å². The van der Waals surface area contributed by atoms with E-state index in [1.807, 2.05) is 5.32 Å². The van der Waals surface area contributed by atoms with Crippen molar-refractivity contribution in [2.75, 3.05) is 6.54 Å². The molecule has 0 aliphatic heterocycles. The van der Waals surface area contributed by atoms with Gasteiger partial charge in [-0.2, -0.15) is 22.0 Å². The topological polar surface area (TPSA) is 89.0 Å². The van der Waals surface area contributed by atoms with Crippen LogP contribution in [0, 0.1) is 0 Å². The normalized spacial score (nSPS) is 12.5. The van der Waals surface area contributed by atoms with Crippen molar-refractivity contribution in [3.8, 4) is 0 Å². The quantitative estimate of drug-likeness (QED) is 0.376. The van der Waals surface area contributed by atoms with Crippen LogP contribution >= 0.6 is 34.8 Å². The summed E-state index contributed by atoms with van der Waals surface area (Å²) in [4.78, 5) is 11.8. The first-order chi connectivity index (χ1) is 16.1. The van der Waals surface area contributed by atoms with Crippen molar-refractivity contribution < 1.29 is 35.2 Å². The molecule has 186 valence electrons. The molecule has 0 saturated carbocycles. The summed E-state index contributed by atoms with van der Waals surface area (Å²) in [6.45, 7) is -1.32. The predicted octanol–water partition coefficient (Wildman–Crippen LogP) is 5.81. The molecule has 6 nitrogen and oxygen atoms in total. The van der Waals surface area contributed by atoms with Gasteiger partial charge >= 0.3 is 6.18 Å². The van der Waals surface area contributed by atoms with Gasteiger partial charge < -0.3 is 5.32 Å². The van der Waals surface area contributed by atoms with Crippen LogP contribution in [0.3, 0.4) is 0 Å². The minimum Gasteiger partial charge on any atom is -0.346 e. The third-order valence-corrected chi connectivity index (χ3v) is 6.91. The van der Waals surface area contributed by atoms with Gasteiger partial charge in [0.05, 0.1) is 27.6 Å². The van der Waals surface area contributed by atoms with Crippen molar-refractivity contribution in [2.24, 2.45) is 0 Å². The number of amides is 1. The smallest absolute Gasteiger partial charge is 0.346 e. The van der Waals surface area contributed by atoms with Crippen LogP contribution in [0.4, 0.5) is 22.0 Å². The van der Waals surface area contributed by atoms with Crippen molar-refractivity contribution in [1.29, 1.82) is 0 Å². The SMILES string of the molecule is O=C(NCC(F)(F)c1ccc(Cl)cc1Cl)c1cc(Cl)nnc1S(=O)(=O)c1cccc(C(F)(F)F)c1. The lowest BCUT2D eigenvalue weighted by molar-refractivity contribution is -0.137. The fourth-order valence-corrected chi connectivity index (χ4v) is 4.88. The van der Waals surface area contributed by atoms with Crippen LogP contribution in [0.1, 0.15) is 21.5 Å². The first-order valence-corrected chi connectivity index (χ1v) is 11.8. The van der Waals surface area contributed by atoms with Crippen LogP contribution < -0.4 is 5.32 Å². The average Bonchev–Trinajstić information content (AvgIpc) is 2.76. The molecule has 3 rings (SSSR count). The Kier molecular flexibility index (Phi) is 7.61. The van der Waals surface area contributed by atoms with Crippen molar-refractivity contribution in [2.45, 2.75) is 22.0 Å². The van der Waals surface area contributed by atoms with E-state index >= 15 is 0 Å². The van der Waals surface area contributed by atoms with E-state index in [0.29, 0.717) is 12.1 Å². The second-order valence-corrected chi connectivity index (χ2v) is 10.0. The second kappa shape index (κ2) is 9.84. The zero-order valence-corrected chi connectivity index (χ0v) is 20.0. The zero-order valence-electron chi connectivity index (χ0n) is 16.9. The van der Waals surface area contributed by atoms with Gasteiger partial charge in [0.25, 0.3) is 11.8 Å². The summed E-state index contributed by atoms with van der Waals surface area (Å²) in [6.07, 6.45) is -4.86. The number of nitrogens with zero attached hydrogens (tertiary/aromatic N) is 2. The third kappa shape index (κ3) is 6.00. The lowest BCUT2D eigenvalue weighted by Crippen LogP contribution is -2.36. The van der Waals surface area contributed by atoms with E-state index in [1.54, 1.807) is 0 Å². The molecule has 2 aromatic carbocycles. The summed E-state index contributed by atoms with van der Waals surface area (Å²) >= 11 is 17.2. The van der Waals surface area contributed by atoms with Crippen LogP contribution in [-0.2, 0) is 21.9 Å². The number of halogens is 8. The molecule has 35 heavy (non-hydrogen) atoms. The molecule has 0 atom stereocenters. The van der Waals surface area contributed by atoms with Crippen LogP contribution in [0.15, 0.2) is 58.5 Å². The fourth-order valence-electron chi connectivity index (χ4n) is 2.84. The van der Waals surface area contributed by atoms with E-state index in [9.17, 15) is 35.2 Å². The van der Waals surface area contributed by atoms with E-state index in [1.165, 1.54) is 0 Å². The van der Waals surface area contributed by atoms with Crippen molar-refractivity contribution >= 4 is 50.5 Å². The van der Waals surface area contributed by atoms with Crippen LogP contribution in [0.25, 0.3) is 0 Å². The van der Waals surface area contributed by atoms with Crippen molar-refractivity contribution in [1.82, 2.24) is 15.5 Å². The molecular weight excluding hydrogens is 564 g/mol. The molecule has 0 aliphatic rings. The van der Waals surface area contributed by atoms with E-state index in [0.717, 1.165) is 36.4 Å². The lowest BCUT2D eigenvalue weighted by atomic mass is 10.1. The molecule has 3 aromatic rings. The number of hydrogen-bond acceptors (Lipinski definition) is 5. The van der Waals surface area contributed by atoms with E-state index < -0.39 is 66.2 Å². The molecule has 1 heterocycles. The molecule has 0 saturated heterocycles. The maximum atomic E-state index is 14.6. The molecule has 1 aromatic heterocycles. The Bertz CT molecular complexity index is 1400. The van der Waals surface area contributed by atoms with Gasteiger partial charge in [-0.3, -0.25) is 4.79 Å². The Hall–Kier alpha value is -2.54. The Balaban J connectivity index is 1.96. The second-order valence-electron chi connectivity index (χ2n) is 6.93. The number of benzene rings is 2. The Labute approximate surface area is 209 Å². The molecule has 0 radical (unpaired) electrons. The number of nitrogens with one attached hydrogen (secondary N) is 1. The number of aromatic nitrogens is 2. The highest BCUT2D eigenvalue weighted by Gasteiger charge is 2.36. The summed E-state index contributed by atoms with van der Waals surface area (Å²) < 4.78 is 94.3. The summed E-state index contributed by atoms with van der Waals surface area (Å²) in [5.74, 6) is -5.06. The summed E-state index contributed by atoms with van der Waals surface area (Å²) in [6, 6.07) is 6.58. The molecule has 0 unspecified atom stereocenters. The minimum absolute atomic E-state index is 0.0977. The van der Waals surface area contributed by atoms with Crippen molar-refractivity contribution in [3.05, 3.63) is 80.4 Å². The monoisotopic (exact) mass is 573 g/mol. The molecule has 0 fully saturated rings. The summed E-state index contributed by atoms with van der Waals surface area (Å²) in [5, 5.41) is 6.68. The number of sulfone groups is 1. The molecular formula is C20H11Cl3F5N3O3S. The maximum Gasteiger partial charge on any atom is 0.416 e. The summed E-state index contributed by atoms with van der Waals surface area (Å²) in [7, 11) is -4.85. The van der Waals surface area contributed by atoms with Crippen LogP contribution in [0.5, 0.6) is 0 Å². The molecule has 15 heteroatoms. The number of carbonyl (C=O) groups is 1. The van der Waals surface area contributed by atoms with Crippen LogP contribution in [0.2, 0.25) is 15.2 Å². The van der Waals surface area contributed by atoms with Gasteiger partial charge in [-0.25, -0.2) is 8.42 Å². The largest absolute Gasteiger partial charge is 0.416 e. The minimum atomic E-state index is -4.86.